The number of nitrogens with zero attached hydrogens (tertiary/aromatic N) is 2. The molecular weight excluding hydrogens is 366 g/mol. The second-order valence-electron chi connectivity index (χ2n) is 6.13. The Kier molecular flexibility index (Phi) is 6.95. The van der Waals surface area contributed by atoms with Crippen LogP contribution in [0.2, 0.25) is 0 Å². The number of hydrogen-bond acceptors (Lipinski definition) is 5. The molecule has 0 atom stereocenters. The molecule has 1 N–H and O–H groups in total. The first-order valence-corrected chi connectivity index (χ1v) is 10.2. The van der Waals surface area contributed by atoms with E-state index in [1.807, 2.05) is 26.0 Å². The maximum Gasteiger partial charge on any atom is 0.260 e. The number of carbonyl (C=O) groups is 1. The largest absolute Gasteiger partial charge is 0.491 e. The molecule has 0 aliphatic carbocycles. The summed E-state index contributed by atoms with van der Waals surface area (Å²) in [6.45, 7) is 3.53. The van der Waals surface area contributed by atoms with E-state index in [9.17, 15) is 13.2 Å². The predicted molar refractivity (Wildman–Crippen MR) is 107 cm³/mol. The van der Waals surface area contributed by atoms with Crippen molar-refractivity contribution in [1.82, 2.24) is 5.43 Å². The van der Waals surface area contributed by atoms with Gasteiger partial charge in [0.1, 0.15) is 12.3 Å². The average molecular weight is 389 g/mol. The summed E-state index contributed by atoms with van der Waals surface area (Å²) >= 11 is 0. The van der Waals surface area contributed by atoms with Crippen molar-refractivity contribution in [2.24, 2.45) is 5.10 Å². The molecule has 0 saturated carbocycles. The van der Waals surface area contributed by atoms with Crippen molar-refractivity contribution >= 4 is 27.8 Å². The molecule has 144 valence electrons. The summed E-state index contributed by atoms with van der Waals surface area (Å²) in [5.74, 6) is 0.207. The van der Waals surface area contributed by atoms with E-state index in [1.165, 1.54) is 6.21 Å². The van der Waals surface area contributed by atoms with Gasteiger partial charge in [-0.15, -0.1) is 0 Å². The van der Waals surface area contributed by atoms with E-state index in [4.69, 9.17) is 4.74 Å². The minimum atomic E-state index is -3.60. The zero-order chi connectivity index (χ0) is 19.9. The Morgan fingerprint density at radius 1 is 1.15 bits per heavy atom. The van der Waals surface area contributed by atoms with Crippen LogP contribution in [0.4, 0.5) is 5.69 Å². The fourth-order valence-electron chi connectivity index (χ4n) is 2.24. The van der Waals surface area contributed by atoms with Gasteiger partial charge in [0.05, 0.1) is 24.3 Å². The van der Waals surface area contributed by atoms with Gasteiger partial charge in [0.2, 0.25) is 10.0 Å². The number of benzene rings is 2. The standard InChI is InChI=1S/C19H23N3O4S/c1-15(2)26-18-11-9-16(10-12-18)13-20-21-19(23)14-22(27(3,24)25)17-7-5-4-6-8-17/h4-13,15H,14H2,1-3H3,(H,21,23)/b20-13-. The number of hydrogen-bond donors (Lipinski definition) is 1. The molecular formula is C19H23N3O4S. The summed E-state index contributed by atoms with van der Waals surface area (Å²) < 4.78 is 30.5. The zero-order valence-corrected chi connectivity index (χ0v) is 16.3. The number of hydrazone groups is 1. The lowest BCUT2D eigenvalue weighted by Crippen LogP contribution is -2.38. The Morgan fingerprint density at radius 2 is 1.78 bits per heavy atom. The number of carbonyl (C=O) groups excluding carboxylic acids is 1. The fraction of sp³-hybridized carbons (Fsp3) is 0.263. The number of para-hydroxylation sites is 1. The number of anilines is 1. The topological polar surface area (TPSA) is 88.1 Å². The van der Waals surface area contributed by atoms with Gasteiger partial charge in [-0.05, 0) is 55.8 Å². The molecule has 0 saturated heterocycles. The molecule has 0 spiro atoms. The van der Waals surface area contributed by atoms with Crippen LogP contribution in [0, 0.1) is 0 Å². The van der Waals surface area contributed by atoms with Crippen molar-refractivity contribution in [3.05, 3.63) is 60.2 Å². The summed E-state index contributed by atoms with van der Waals surface area (Å²) in [6.07, 6.45) is 2.62. The third-order valence-corrected chi connectivity index (χ3v) is 4.53. The number of sulfonamides is 1. The van der Waals surface area contributed by atoms with E-state index in [1.54, 1.807) is 42.5 Å². The van der Waals surface area contributed by atoms with Crippen molar-refractivity contribution < 1.29 is 17.9 Å². The first-order chi connectivity index (χ1) is 12.8. The van der Waals surface area contributed by atoms with Gasteiger partial charge in [0.15, 0.2) is 0 Å². The van der Waals surface area contributed by atoms with Gasteiger partial charge in [0, 0.05) is 0 Å². The van der Waals surface area contributed by atoms with Crippen LogP contribution < -0.4 is 14.5 Å². The Hall–Kier alpha value is -2.87. The minimum Gasteiger partial charge on any atom is -0.491 e. The van der Waals surface area contributed by atoms with Crippen LogP contribution in [0.15, 0.2) is 59.7 Å². The molecule has 0 fully saturated rings. The molecule has 7 nitrogen and oxygen atoms in total. The van der Waals surface area contributed by atoms with Crippen LogP contribution in [0.25, 0.3) is 0 Å². The predicted octanol–water partition coefficient (Wildman–Crippen LogP) is 2.39. The molecule has 0 aliphatic rings. The molecule has 2 rings (SSSR count). The number of amides is 1. The van der Waals surface area contributed by atoms with E-state index in [0.717, 1.165) is 21.9 Å². The second-order valence-corrected chi connectivity index (χ2v) is 8.04. The van der Waals surface area contributed by atoms with Crippen LogP contribution >= 0.6 is 0 Å². The highest BCUT2D eigenvalue weighted by Gasteiger charge is 2.20. The molecule has 8 heteroatoms. The van der Waals surface area contributed by atoms with Crippen molar-refractivity contribution in [1.29, 1.82) is 0 Å². The fourth-order valence-corrected chi connectivity index (χ4v) is 3.10. The number of rotatable bonds is 8. The lowest BCUT2D eigenvalue weighted by atomic mass is 10.2. The first kappa shape index (κ1) is 20.4. The summed E-state index contributed by atoms with van der Waals surface area (Å²) in [5.41, 5.74) is 3.53. The van der Waals surface area contributed by atoms with Crippen molar-refractivity contribution in [2.45, 2.75) is 20.0 Å². The Bertz CT molecular complexity index is 879. The van der Waals surface area contributed by atoms with Gasteiger partial charge in [-0.3, -0.25) is 9.10 Å². The van der Waals surface area contributed by atoms with Crippen molar-refractivity contribution in [2.75, 3.05) is 17.1 Å². The Labute approximate surface area is 159 Å². The van der Waals surface area contributed by atoms with E-state index >= 15 is 0 Å². The van der Waals surface area contributed by atoms with Crippen LogP contribution in [-0.4, -0.2) is 39.4 Å². The highest BCUT2D eigenvalue weighted by atomic mass is 32.2. The maximum absolute atomic E-state index is 12.1. The molecule has 2 aromatic rings. The molecule has 0 aliphatic heterocycles. The molecule has 0 unspecified atom stereocenters. The van der Waals surface area contributed by atoms with E-state index in [-0.39, 0.29) is 12.6 Å². The lowest BCUT2D eigenvalue weighted by molar-refractivity contribution is -0.119. The number of ether oxygens (including phenoxy) is 1. The van der Waals surface area contributed by atoms with E-state index in [2.05, 4.69) is 10.5 Å². The van der Waals surface area contributed by atoms with Crippen LogP contribution in [0.5, 0.6) is 5.75 Å². The Morgan fingerprint density at radius 3 is 2.33 bits per heavy atom. The monoisotopic (exact) mass is 389 g/mol. The average Bonchev–Trinajstić information content (AvgIpc) is 2.60. The molecule has 27 heavy (non-hydrogen) atoms. The lowest BCUT2D eigenvalue weighted by Gasteiger charge is -2.21. The molecule has 2 aromatic carbocycles. The van der Waals surface area contributed by atoms with E-state index < -0.39 is 15.9 Å². The minimum absolute atomic E-state index is 0.0891. The third kappa shape index (κ3) is 6.74. The van der Waals surface area contributed by atoms with E-state index in [0.29, 0.717) is 5.69 Å². The molecule has 0 bridgehead atoms. The second kappa shape index (κ2) is 9.18. The van der Waals surface area contributed by atoms with Crippen molar-refractivity contribution in [3.8, 4) is 5.75 Å². The van der Waals surface area contributed by atoms with Gasteiger partial charge >= 0.3 is 0 Å². The van der Waals surface area contributed by atoms with Crippen molar-refractivity contribution in [3.63, 3.8) is 0 Å². The van der Waals surface area contributed by atoms with Crippen LogP contribution in [0.1, 0.15) is 19.4 Å². The highest BCUT2D eigenvalue weighted by Crippen LogP contribution is 2.16. The van der Waals surface area contributed by atoms with Gasteiger partial charge in [-0.1, -0.05) is 18.2 Å². The molecule has 0 heterocycles. The normalized spacial score (nSPS) is 11.6. The third-order valence-electron chi connectivity index (χ3n) is 3.39. The summed E-state index contributed by atoms with van der Waals surface area (Å²) in [5, 5.41) is 3.87. The summed E-state index contributed by atoms with van der Waals surface area (Å²) in [7, 11) is -3.60. The highest BCUT2D eigenvalue weighted by molar-refractivity contribution is 7.92. The maximum atomic E-state index is 12.1. The van der Waals surface area contributed by atoms with Gasteiger partial charge in [-0.25, -0.2) is 13.8 Å². The molecule has 0 aromatic heterocycles. The zero-order valence-electron chi connectivity index (χ0n) is 15.5. The smallest absolute Gasteiger partial charge is 0.260 e. The number of nitrogens with one attached hydrogen (secondary N) is 1. The quantitative estimate of drug-likeness (QED) is 0.555. The van der Waals surface area contributed by atoms with Crippen LogP contribution in [0.3, 0.4) is 0 Å². The molecule has 0 radical (unpaired) electrons. The van der Waals surface area contributed by atoms with Gasteiger partial charge in [0.25, 0.3) is 5.91 Å². The van der Waals surface area contributed by atoms with Gasteiger partial charge < -0.3 is 4.74 Å². The SMILES string of the molecule is CC(C)Oc1ccc(/C=N\NC(=O)CN(c2ccccc2)S(C)(=O)=O)cc1. The first-order valence-electron chi connectivity index (χ1n) is 8.37. The van der Waals surface area contributed by atoms with Gasteiger partial charge in [-0.2, -0.15) is 5.10 Å². The van der Waals surface area contributed by atoms with Crippen LogP contribution in [-0.2, 0) is 14.8 Å². The Balaban J connectivity index is 1.97. The molecule has 1 amide bonds. The summed E-state index contributed by atoms with van der Waals surface area (Å²) in [6, 6.07) is 15.7. The summed E-state index contributed by atoms with van der Waals surface area (Å²) in [4.78, 5) is 12.1.